The number of aryl methyl sites for hydroxylation is 3. The van der Waals surface area contributed by atoms with Crippen LogP contribution in [0.2, 0.25) is 0 Å². The maximum Gasteiger partial charge on any atom is 0.163 e. The van der Waals surface area contributed by atoms with Crippen molar-refractivity contribution in [1.29, 1.82) is 0 Å². The van der Waals surface area contributed by atoms with Gasteiger partial charge in [0.25, 0.3) is 0 Å². The highest BCUT2D eigenvalue weighted by molar-refractivity contribution is 5.88. The Balaban J connectivity index is 2.05. The predicted octanol–water partition coefficient (Wildman–Crippen LogP) is 1.40. The molecule has 0 saturated carbocycles. The van der Waals surface area contributed by atoms with Crippen LogP contribution < -0.4 is 5.32 Å². The lowest BCUT2D eigenvalue weighted by Crippen LogP contribution is -1.98. The van der Waals surface area contributed by atoms with Crippen molar-refractivity contribution in [3.63, 3.8) is 0 Å². The fourth-order valence-electron chi connectivity index (χ4n) is 2.09. The molecule has 0 aliphatic rings. The van der Waals surface area contributed by atoms with Crippen LogP contribution in [0.25, 0.3) is 11.0 Å². The zero-order valence-electron chi connectivity index (χ0n) is 11.1. The molecule has 3 aromatic rings. The van der Waals surface area contributed by atoms with E-state index in [1.54, 1.807) is 15.6 Å². The Kier molecular flexibility index (Phi) is 2.66. The number of nitrogens with one attached hydrogen (secondary N) is 1. The smallest absolute Gasteiger partial charge is 0.163 e. The summed E-state index contributed by atoms with van der Waals surface area (Å²) in [5, 5.41) is 12.8. The molecule has 0 aromatic carbocycles. The molecule has 0 aliphatic carbocycles. The molecule has 0 radical (unpaired) electrons. The van der Waals surface area contributed by atoms with Crippen LogP contribution in [0.1, 0.15) is 12.6 Å². The molecule has 0 spiro atoms. The quantitative estimate of drug-likeness (QED) is 0.767. The van der Waals surface area contributed by atoms with Crippen LogP contribution in [0.4, 0.5) is 11.5 Å². The molecular weight excluding hydrogens is 242 g/mol. The first kappa shape index (κ1) is 11.6. The zero-order valence-corrected chi connectivity index (χ0v) is 11.1. The van der Waals surface area contributed by atoms with Crippen LogP contribution in [0, 0.1) is 0 Å². The van der Waals surface area contributed by atoms with Crippen LogP contribution in [-0.2, 0) is 20.5 Å². The topological polar surface area (TPSA) is 73.5 Å². The molecule has 0 bridgehead atoms. The molecule has 98 valence electrons. The average molecular weight is 257 g/mol. The van der Waals surface area contributed by atoms with Crippen molar-refractivity contribution < 1.29 is 0 Å². The minimum atomic E-state index is 0.751. The third kappa shape index (κ3) is 1.92. The summed E-state index contributed by atoms with van der Waals surface area (Å²) in [6.45, 7) is 2.08. The lowest BCUT2D eigenvalue weighted by atomic mass is 10.3. The molecule has 7 nitrogen and oxygen atoms in total. The maximum atomic E-state index is 4.40. The van der Waals surface area contributed by atoms with Crippen LogP contribution in [0.3, 0.4) is 0 Å². The van der Waals surface area contributed by atoms with E-state index in [1.807, 2.05) is 20.3 Å². The van der Waals surface area contributed by atoms with Crippen molar-refractivity contribution in [3.05, 3.63) is 24.4 Å². The van der Waals surface area contributed by atoms with E-state index < -0.39 is 0 Å². The molecule has 1 N–H and O–H groups in total. The third-order valence-corrected chi connectivity index (χ3v) is 3.02. The van der Waals surface area contributed by atoms with E-state index in [1.165, 1.54) is 6.33 Å². The summed E-state index contributed by atoms with van der Waals surface area (Å²) >= 11 is 0. The molecule has 0 saturated heterocycles. The highest BCUT2D eigenvalue weighted by Crippen LogP contribution is 2.24. The number of nitrogens with zero attached hydrogens (tertiary/aromatic N) is 6. The van der Waals surface area contributed by atoms with Crippen molar-refractivity contribution in [2.75, 3.05) is 5.32 Å². The minimum Gasteiger partial charge on any atom is -0.337 e. The van der Waals surface area contributed by atoms with E-state index >= 15 is 0 Å². The number of aromatic nitrogens is 6. The Morgan fingerprint density at radius 1 is 1.26 bits per heavy atom. The van der Waals surface area contributed by atoms with Gasteiger partial charge in [-0.05, 0) is 6.42 Å². The molecule has 19 heavy (non-hydrogen) atoms. The van der Waals surface area contributed by atoms with Crippen LogP contribution in [0.15, 0.2) is 18.7 Å². The fourth-order valence-corrected chi connectivity index (χ4v) is 2.09. The van der Waals surface area contributed by atoms with Gasteiger partial charge in [-0.15, -0.1) is 0 Å². The first-order valence-electron chi connectivity index (χ1n) is 6.11. The fraction of sp³-hybridized carbons (Fsp3) is 0.333. The summed E-state index contributed by atoms with van der Waals surface area (Å²) in [6.07, 6.45) is 6.11. The standard InChI is InChI=1S/C12H15N7/c1-4-9-10(6-18(2)17-9)16-11-8-5-15-19(3)12(8)14-7-13-11/h5-7H,4H2,1-3H3,(H,13,14,16). The Morgan fingerprint density at radius 3 is 2.89 bits per heavy atom. The molecule has 3 aromatic heterocycles. The molecule has 7 heteroatoms. The van der Waals surface area contributed by atoms with Crippen LogP contribution >= 0.6 is 0 Å². The van der Waals surface area contributed by atoms with E-state index in [-0.39, 0.29) is 0 Å². The van der Waals surface area contributed by atoms with Crippen molar-refractivity contribution in [1.82, 2.24) is 29.5 Å². The second-order valence-electron chi connectivity index (χ2n) is 4.37. The number of hydrogen-bond acceptors (Lipinski definition) is 5. The molecule has 3 heterocycles. The van der Waals surface area contributed by atoms with Gasteiger partial charge >= 0.3 is 0 Å². The number of hydrogen-bond donors (Lipinski definition) is 1. The normalized spacial score (nSPS) is 11.1. The highest BCUT2D eigenvalue weighted by Gasteiger charge is 2.11. The highest BCUT2D eigenvalue weighted by atomic mass is 15.3. The molecule has 0 fully saturated rings. The Labute approximate surface area is 110 Å². The van der Waals surface area contributed by atoms with Gasteiger partial charge in [0.2, 0.25) is 0 Å². The summed E-state index contributed by atoms with van der Waals surface area (Å²) in [4.78, 5) is 8.51. The first-order chi connectivity index (χ1) is 9.19. The number of fused-ring (bicyclic) bond motifs is 1. The van der Waals surface area contributed by atoms with E-state index in [9.17, 15) is 0 Å². The Morgan fingerprint density at radius 2 is 2.11 bits per heavy atom. The van der Waals surface area contributed by atoms with E-state index in [2.05, 4.69) is 32.4 Å². The van der Waals surface area contributed by atoms with E-state index in [0.717, 1.165) is 34.7 Å². The average Bonchev–Trinajstić information content (AvgIpc) is 2.94. The van der Waals surface area contributed by atoms with Gasteiger partial charge in [-0.25, -0.2) is 9.97 Å². The van der Waals surface area contributed by atoms with Crippen molar-refractivity contribution in [3.8, 4) is 0 Å². The monoisotopic (exact) mass is 257 g/mol. The second kappa shape index (κ2) is 4.34. The summed E-state index contributed by atoms with van der Waals surface area (Å²) < 4.78 is 3.52. The molecule has 0 atom stereocenters. The maximum absolute atomic E-state index is 4.40. The second-order valence-corrected chi connectivity index (χ2v) is 4.37. The van der Waals surface area contributed by atoms with Crippen LogP contribution in [-0.4, -0.2) is 29.5 Å². The summed E-state index contributed by atoms with van der Waals surface area (Å²) in [6, 6.07) is 0. The Bertz CT molecular complexity index is 725. The van der Waals surface area contributed by atoms with Gasteiger partial charge in [0.15, 0.2) is 5.65 Å². The summed E-state index contributed by atoms with van der Waals surface area (Å²) in [7, 11) is 3.77. The molecular formula is C12H15N7. The van der Waals surface area contributed by atoms with Crippen molar-refractivity contribution >= 4 is 22.5 Å². The van der Waals surface area contributed by atoms with Gasteiger partial charge in [-0.1, -0.05) is 6.92 Å². The lowest BCUT2D eigenvalue weighted by molar-refractivity contribution is 0.746. The van der Waals surface area contributed by atoms with Gasteiger partial charge in [0, 0.05) is 20.3 Å². The first-order valence-corrected chi connectivity index (χ1v) is 6.11. The van der Waals surface area contributed by atoms with Gasteiger partial charge in [-0.3, -0.25) is 9.36 Å². The van der Waals surface area contributed by atoms with Gasteiger partial charge in [-0.2, -0.15) is 10.2 Å². The number of anilines is 2. The molecule has 0 aliphatic heterocycles. The zero-order chi connectivity index (χ0) is 13.4. The van der Waals surface area contributed by atoms with Crippen molar-refractivity contribution in [2.24, 2.45) is 14.1 Å². The van der Waals surface area contributed by atoms with E-state index in [0.29, 0.717) is 0 Å². The van der Waals surface area contributed by atoms with Gasteiger partial charge < -0.3 is 5.32 Å². The lowest BCUT2D eigenvalue weighted by Gasteiger charge is -2.05. The number of rotatable bonds is 3. The SMILES string of the molecule is CCc1nn(C)cc1Nc1ncnc2c1cnn2C. The largest absolute Gasteiger partial charge is 0.337 e. The van der Waals surface area contributed by atoms with E-state index in [4.69, 9.17) is 0 Å². The summed E-state index contributed by atoms with van der Waals surface area (Å²) in [5.41, 5.74) is 2.78. The van der Waals surface area contributed by atoms with Gasteiger partial charge in [0.05, 0.1) is 23.0 Å². The van der Waals surface area contributed by atoms with Crippen LogP contribution in [0.5, 0.6) is 0 Å². The summed E-state index contributed by atoms with van der Waals surface area (Å²) in [5.74, 6) is 0.751. The molecule has 0 unspecified atom stereocenters. The minimum absolute atomic E-state index is 0.751. The Hall–Kier alpha value is -2.44. The van der Waals surface area contributed by atoms with Crippen molar-refractivity contribution in [2.45, 2.75) is 13.3 Å². The predicted molar refractivity (Wildman–Crippen MR) is 72.2 cm³/mol. The third-order valence-electron chi connectivity index (χ3n) is 3.02. The molecule has 0 amide bonds. The molecule has 3 rings (SSSR count). The van der Waals surface area contributed by atoms with Gasteiger partial charge in [0.1, 0.15) is 12.1 Å².